The maximum Gasteiger partial charge on any atom is 0.125 e. The molecule has 1 aromatic carbocycles. The lowest BCUT2D eigenvalue weighted by Crippen LogP contribution is -2.46. The predicted molar refractivity (Wildman–Crippen MR) is 69.2 cm³/mol. The molecule has 1 aliphatic rings. The third-order valence-electron chi connectivity index (χ3n) is 3.63. The zero-order valence-corrected chi connectivity index (χ0v) is 10.9. The van der Waals surface area contributed by atoms with Crippen LogP contribution in [-0.2, 0) is 4.74 Å². The first-order chi connectivity index (χ1) is 8.53. The van der Waals surface area contributed by atoms with Crippen LogP contribution in [0, 0.1) is 18.7 Å². The Morgan fingerprint density at radius 1 is 1.50 bits per heavy atom. The molecular formula is C14H20FNO2. The zero-order valence-electron chi connectivity index (χ0n) is 10.9. The number of rotatable bonds is 4. The first kappa shape index (κ1) is 13.3. The fraction of sp³-hybridized carbons (Fsp3) is 0.571. The van der Waals surface area contributed by atoms with Gasteiger partial charge in [-0.2, -0.15) is 0 Å². The van der Waals surface area contributed by atoms with E-state index in [4.69, 9.17) is 4.74 Å². The van der Waals surface area contributed by atoms with Crippen LogP contribution in [0.2, 0.25) is 0 Å². The quantitative estimate of drug-likeness (QED) is 0.865. The van der Waals surface area contributed by atoms with Crippen molar-refractivity contribution in [1.29, 1.82) is 0 Å². The normalized spacial score (nSPS) is 22.8. The fourth-order valence-corrected chi connectivity index (χ4v) is 2.45. The monoisotopic (exact) mass is 253 g/mol. The van der Waals surface area contributed by atoms with E-state index in [-0.39, 0.29) is 18.3 Å². The molecule has 0 bridgehead atoms. The van der Waals surface area contributed by atoms with Crippen LogP contribution in [0.4, 0.5) is 10.1 Å². The highest BCUT2D eigenvalue weighted by Crippen LogP contribution is 2.29. The van der Waals surface area contributed by atoms with E-state index in [1.165, 1.54) is 12.1 Å². The average molecular weight is 253 g/mol. The molecular weight excluding hydrogens is 233 g/mol. The molecule has 1 heterocycles. The molecule has 3 nitrogen and oxygen atoms in total. The molecule has 100 valence electrons. The minimum Gasteiger partial charge on any atom is -0.394 e. The molecule has 1 aromatic rings. The minimum atomic E-state index is -0.475. The van der Waals surface area contributed by atoms with Gasteiger partial charge in [0.1, 0.15) is 5.82 Å². The van der Waals surface area contributed by atoms with Crippen molar-refractivity contribution in [2.45, 2.75) is 25.8 Å². The molecule has 1 aliphatic heterocycles. The van der Waals surface area contributed by atoms with E-state index in [1.807, 2.05) is 19.9 Å². The second-order valence-electron chi connectivity index (χ2n) is 5.28. The average Bonchev–Trinajstić information content (AvgIpc) is 2.81. The highest BCUT2D eigenvalue weighted by Gasteiger charge is 2.36. The smallest absolute Gasteiger partial charge is 0.125 e. The molecule has 2 atom stereocenters. The van der Waals surface area contributed by atoms with E-state index in [0.29, 0.717) is 12.3 Å². The summed E-state index contributed by atoms with van der Waals surface area (Å²) >= 11 is 0. The summed E-state index contributed by atoms with van der Waals surface area (Å²) in [4.78, 5) is 0. The lowest BCUT2D eigenvalue weighted by Gasteiger charge is -2.35. The van der Waals surface area contributed by atoms with Gasteiger partial charge in [0.25, 0.3) is 0 Å². The van der Waals surface area contributed by atoms with E-state index >= 15 is 0 Å². The first-order valence-electron chi connectivity index (χ1n) is 6.27. The maximum atomic E-state index is 13.4. The van der Waals surface area contributed by atoms with Crippen molar-refractivity contribution in [3.05, 3.63) is 29.6 Å². The van der Waals surface area contributed by atoms with Crippen LogP contribution in [0.3, 0.4) is 0 Å². The van der Waals surface area contributed by atoms with Gasteiger partial charge in [0.2, 0.25) is 0 Å². The first-order valence-corrected chi connectivity index (χ1v) is 6.27. The Morgan fingerprint density at radius 3 is 2.83 bits per heavy atom. The van der Waals surface area contributed by atoms with E-state index in [9.17, 15) is 9.50 Å². The topological polar surface area (TPSA) is 41.5 Å². The molecule has 0 amide bonds. The molecule has 0 saturated carbocycles. The lowest BCUT2D eigenvalue weighted by atomic mass is 9.85. The molecule has 1 saturated heterocycles. The Balaban J connectivity index is 2.18. The molecule has 0 aromatic heterocycles. The van der Waals surface area contributed by atoms with Crippen molar-refractivity contribution in [2.24, 2.45) is 5.92 Å². The van der Waals surface area contributed by atoms with E-state index in [2.05, 4.69) is 5.32 Å². The highest BCUT2D eigenvalue weighted by atomic mass is 19.1. The van der Waals surface area contributed by atoms with Gasteiger partial charge in [-0.3, -0.25) is 0 Å². The Bertz CT molecular complexity index is 398. The van der Waals surface area contributed by atoms with Gasteiger partial charge in [-0.25, -0.2) is 4.39 Å². The number of hydrogen-bond acceptors (Lipinski definition) is 3. The van der Waals surface area contributed by atoms with Gasteiger partial charge in [-0.1, -0.05) is 0 Å². The van der Waals surface area contributed by atoms with Crippen LogP contribution in [0.25, 0.3) is 0 Å². The molecule has 0 radical (unpaired) electrons. The summed E-state index contributed by atoms with van der Waals surface area (Å²) in [5, 5.41) is 12.9. The van der Waals surface area contributed by atoms with Crippen LogP contribution in [0.15, 0.2) is 18.2 Å². The summed E-state index contributed by atoms with van der Waals surface area (Å²) in [5.74, 6) is -0.0217. The van der Waals surface area contributed by atoms with Crippen LogP contribution in [-0.4, -0.2) is 30.5 Å². The second-order valence-corrected chi connectivity index (χ2v) is 5.28. The standard InChI is InChI=1S/C14H20FNO2/c1-10-5-12(15)7-13(6-10)16-14(2,9-17)11-3-4-18-8-11/h5-7,11,16-17H,3-4,8-9H2,1-2H3. The third kappa shape index (κ3) is 2.82. The summed E-state index contributed by atoms with van der Waals surface area (Å²) < 4.78 is 18.7. The number of aliphatic hydroxyl groups excluding tert-OH is 1. The maximum absolute atomic E-state index is 13.4. The van der Waals surface area contributed by atoms with Crippen molar-refractivity contribution in [3.63, 3.8) is 0 Å². The van der Waals surface area contributed by atoms with Gasteiger partial charge in [0.15, 0.2) is 0 Å². The molecule has 1 fully saturated rings. The van der Waals surface area contributed by atoms with Crippen molar-refractivity contribution in [3.8, 4) is 0 Å². The van der Waals surface area contributed by atoms with Gasteiger partial charge >= 0.3 is 0 Å². The van der Waals surface area contributed by atoms with Crippen molar-refractivity contribution in [2.75, 3.05) is 25.1 Å². The van der Waals surface area contributed by atoms with Crippen LogP contribution >= 0.6 is 0 Å². The zero-order chi connectivity index (χ0) is 13.2. The molecule has 0 spiro atoms. The molecule has 0 aliphatic carbocycles. The van der Waals surface area contributed by atoms with Gasteiger partial charge in [-0.15, -0.1) is 0 Å². The number of halogens is 1. The summed E-state index contributed by atoms with van der Waals surface area (Å²) in [6, 6.07) is 4.82. The molecule has 18 heavy (non-hydrogen) atoms. The summed E-state index contributed by atoms with van der Waals surface area (Å²) in [6.45, 7) is 5.16. The Kier molecular flexibility index (Phi) is 3.88. The third-order valence-corrected chi connectivity index (χ3v) is 3.63. The van der Waals surface area contributed by atoms with Gasteiger partial charge in [-0.05, 0) is 44.0 Å². The number of ether oxygens (including phenoxy) is 1. The highest BCUT2D eigenvalue weighted by molar-refractivity contribution is 5.48. The van der Waals surface area contributed by atoms with Gasteiger partial charge in [0, 0.05) is 18.2 Å². The number of aliphatic hydroxyl groups is 1. The largest absolute Gasteiger partial charge is 0.394 e. The fourth-order valence-electron chi connectivity index (χ4n) is 2.45. The van der Waals surface area contributed by atoms with Gasteiger partial charge in [0.05, 0.1) is 18.8 Å². The number of hydrogen-bond donors (Lipinski definition) is 2. The number of aryl methyl sites for hydroxylation is 1. The summed E-state index contributed by atoms with van der Waals surface area (Å²) in [7, 11) is 0. The number of nitrogens with one attached hydrogen (secondary N) is 1. The lowest BCUT2D eigenvalue weighted by molar-refractivity contribution is 0.137. The SMILES string of the molecule is Cc1cc(F)cc(NC(C)(CO)C2CCOC2)c1. The van der Waals surface area contributed by atoms with E-state index in [0.717, 1.165) is 18.6 Å². The minimum absolute atomic E-state index is 0.00339. The summed E-state index contributed by atoms with van der Waals surface area (Å²) in [6.07, 6.45) is 0.915. The molecule has 2 unspecified atom stereocenters. The molecule has 4 heteroatoms. The van der Waals surface area contributed by atoms with Crippen LogP contribution < -0.4 is 5.32 Å². The second kappa shape index (κ2) is 5.24. The van der Waals surface area contributed by atoms with Crippen LogP contribution in [0.1, 0.15) is 18.9 Å². The number of anilines is 1. The van der Waals surface area contributed by atoms with E-state index < -0.39 is 5.54 Å². The van der Waals surface area contributed by atoms with Crippen LogP contribution in [0.5, 0.6) is 0 Å². The van der Waals surface area contributed by atoms with Crippen molar-refractivity contribution < 1.29 is 14.2 Å². The van der Waals surface area contributed by atoms with Gasteiger partial charge < -0.3 is 15.2 Å². The van der Waals surface area contributed by atoms with Crippen molar-refractivity contribution >= 4 is 5.69 Å². The van der Waals surface area contributed by atoms with Crippen molar-refractivity contribution in [1.82, 2.24) is 0 Å². The predicted octanol–water partition coefficient (Wildman–Crippen LogP) is 2.33. The Labute approximate surface area is 107 Å². The summed E-state index contributed by atoms with van der Waals surface area (Å²) in [5.41, 5.74) is 1.09. The van der Waals surface area contributed by atoms with E-state index in [1.54, 1.807) is 0 Å². The molecule has 2 rings (SSSR count). The Hall–Kier alpha value is -1.13. The molecule has 2 N–H and O–H groups in total. The number of benzene rings is 1. The Morgan fingerprint density at radius 2 is 2.28 bits per heavy atom.